The molecule has 1 rings (SSSR count). The topological polar surface area (TPSA) is 33.3 Å². The van der Waals surface area contributed by atoms with E-state index >= 15 is 0 Å². The van der Waals surface area contributed by atoms with Crippen molar-refractivity contribution in [2.24, 2.45) is 5.92 Å². The molecule has 1 aromatic rings. The van der Waals surface area contributed by atoms with E-state index in [2.05, 4.69) is 42.7 Å². The predicted octanol–water partition coefficient (Wildman–Crippen LogP) is 2.76. The van der Waals surface area contributed by atoms with Crippen molar-refractivity contribution in [3.8, 4) is 5.75 Å². The molecule has 2 N–H and O–H groups in total. The van der Waals surface area contributed by atoms with Gasteiger partial charge in [-0.3, -0.25) is 0 Å². The van der Waals surface area contributed by atoms with Crippen molar-refractivity contribution in [1.82, 2.24) is 10.6 Å². The van der Waals surface area contributed by atoms with Crippen molar-refractivity contribution in [2.75, 3.05) is 27.7 Å². The zero-order valence-corrected chi connectivity index (χ0v) is 12.9. The van der Waals surface area contributed by atoms with Crippen LogP contribution < -0.4 is 15.4 Å². The average Bonchev–Trinajstić information content (AvgIpc) is 2.46. The first-order chi connectivity index (χ1) is 9.21. The van der Waals surface area contributed by atoms with E-state index < -0.39 is 0 Å². The number of methoxy groups -OCH3 is 1. The number of aryl methyl sites for hydroxylation is 1. The summed E-state index contributed by atoms with van der Waals surface area (Å²) in [6.45, 7) is 5.43. The van der Waals surface area contributed by atoms with Gasteiger partial charge >= 0.3 is 0 Å². The highest BCUT2D eigenvalue weighted by atomic mass is 16.5. The Morgan fingerprint density at radius 1 is 1.21 bits per heavy atom. The van der Waals surface area contributed by atoms with E-state index in [0.717, 1.165) is 25.1 Å². The van der Waals surface area contributed by atoms with E-state index in [9.17, 15) is 0 Å². The largest absolute Gasteiger partial charge is 0.496 e. The fourth-order valence-corrected chi connectivity index (χ4v) is 2.65. The second-order valence-corrected chi connectivity index (χ2v) is 4.92. The molecule has 0 radical (unpaired) electrons. The Kier molecular flexibility index (Phi) is 6.89. The molecule has 0 amide bonds. The monoisotopic (exact) mass is 264 g/mol. The van der Waals surface area contributed by atoms with Gasteiger partial charge in [-0.25, -0.2) is 0 Å². The van der Waals surface area contributed by atoms with Gasteiger partial charge in [0, 0.05) is 11.6 Å². The number of hydrogen-bond donors (Lipinski definition) is 2. The maximum atomic E-state index is 5.54. The Balaban J connectivity index is 3.13. The van der Waals surface area contributed by atoms with Crippen LogP contribution in [-0.2, 0) is 6.42 Å². The second-order valence-electron chi connectivity index (χ2n) is 4.92. The first kappa shape index (κ1) is 16.0. The maximum absolute atomic E-state index is 5.54. The molecule has 0 saturated carbocycles. The summed E-state index contributed by atoms with van der Waals surface area (Å²) in [5.74, 6) is 1.53. The van der Waals surface area contributed by atoms with E-state index in [0.29, 0.717) is 12.0 Å². The summed E-state index contributed by atoms with van der Waals surface area (Å²) in [5, 5.41) is 6.75. The molecule has 0 fully saturated rings. The molecular weight excluding hydrogens is 236 g/mol. The van der Waals surface area contributed by atoms with Crippen molar-refractivity contribution < 1.29 is 4.74 Å². The molecule has 1 aromatic carbocycles. The van der Waals surface area contributed by atoms with Crippen molar-refractivity contribution in [2.45, 2.75) is 32.7 Å². The normalized spacial score (nSPS) is 14.2. The average molecular weight is 264 g/mol. The molecule has 0 heterocycles. The molecule has 3 nitrogen and oxygen atoms in total. The minimum absolute atomic E-state index is 0.318. The van der Waals surface area contributed by atoms with Crippen molar-refractivity contribution in [3.63, 3.8) is 0 Å². The fourth-order valence-electron chi connectivity index (χ4n) is 2.65. The molecule has 0 aliphatic rings. The van der Waals surface area contributed by atoms with Crippen LogP contribution in [-0.4, -0.2) is 27.7 Å². The third kappa shape index (κ3) is 3.95. The molecule has 0 aliphatic heterocycles. The maximum Gasteiger partial charge on any atom is 0.123 e. The molecule has 0 spiro atoms. The number of hydrogen-bond acceptors (Lipinski definition) is 3. The molecule has 19 heavy (non-hydrogen) atoms. The van der Waals surface area contributed by atoms with Gasteiger partial charge in [0.15, 0.2) is 0 Å². The molecule has 108 valence electrons. The minimum Gasteiger partial charge on any atom is -0.496 e. The molecule has 0 aliphatic carbocycles. The lowest BCUT2D eigenvalue weighted by Gasteiger charge is -2.28. The van der Waals surface area contributed by atoms with Crippen LogP contribution in [0.1, 0.15) is 37.4 Å². The Bertz CT molecular complexity index is 379. The van der Waals surface area contributed by atoms with Crippen molar-refractivity contribution in [3.05, 3.63) is 29.3 Å². The SMILES string of the molecule is CCc1ccc(OC)c(C(NC)C(CC)CNC)c1. The van der Waals surface area contributed by atoms with Gasteiger partial charge in [-0.05, 0) is 44.6 Å². The van der Waals surface area contributed by atoms with Crippen LogP contribution in [0, 0.1) is 5.92 Å². The van der Waals surface area contributed by atoms with Gasteiger partial charge in [-0.2, -0.15) is 0 Å². The molecule has 2 unspecified atom stereocenters. The second kappa shape index (κ2) is 8.18. The summed E-state index contributed by atoms with van der Waals surface area (Å²) in [6, 6.07) is 6.83. The van der Waals surface area contributed by atoms with Crippen LogP contribution in [0.25, 0.3) is 0 Å². The zero-order chi connectivity index (χ0) is 14.3. The van der Waals surface area contributed by atoms with Crippen LogP contribution >= 0.6 is 0 Å². The molecular formula is C16H28N2O. The van der Waals surface area contributed by atoms with Gasteiger partial charge in [-0.15, -0.1) is 0 Å². The molecule has 0 saturated heterocycles. The zero-order valence-electron chi connectivity index (χ0n) is 12.9. The number of benzene rings is 1. The van der Waals surface area contributed by atoms with E-state index in [4.69, 9.17) is 4.74 Å². The van der Waals surface area contributed by atoms with E-state index in [1.807, 2.05) is 14.1 Å². The Labute approximate surface area is 117 Å². The highest BCUT2D eigenvalue weighted by Crippen LogP contribution is 2.32. The van der Waals surface area contributed by atoms with E-state index in [1.54, 1.807) is 7.11 Å². The van der Waals surface area contributed by atoms with Gasteiger partial charge < -0.3 is 15.4 Å². The third-order valence-corrected chi connectivity index (χ3v) is 3.81. The van der Waals surface area contributed by atoms with Crippen molar-refractivity contribution in [1.29, 1.82) is 0 Å². The van der Waals surface area contributed by atoms with E-state index in [1.165, 1.54) is 11.1 Å². The number of rotatable bonds is 8. The van der Waals surface area contributed by atoms with Crippen molar-refractivity contribution >= 4 is 0 Å². The van der Waals surface area contributed by atoms with Crippen LogP contribution in [0.2, 0.25) is 0 Å². The number of ether oxygens (including phenoxy) is 1. The van der Waals surface area contributed by atoms with Crippen LogP contribution in [0.15, 0.2) is 18.2 Å². The smallest absolute Gasteiger partial charge is 0.123 e. The summed E-state index contributed by atoms with van der Waals surface area (Å²) in [6.07, 6.45) is 2.18. The molecule has 3 heteroatoms. The lowest BCUT2D eigenvalue weighted by molar-refractivity contribution is 0.340. The first-order valence-electron chi connectivity index (χ1n) is 7.20. The highest BCUT2D eigenvalue weighted by Gasteiger charge is 2.23. The Hall–Kier alpha value is -1.06. The highest BCUT2D eigenvalue weighted by molar-refractivity contribution is 5.40. The lowest BCUT2D eigenvalue weighted by Crippen LogP contribution is -2.32. The van der Waals surface area contributed by atoms with E-state index in [-0.39, 0.29) is 0 Å². The fraction of sp³-hybridized carbons (Fsp3) is 0.625. The third-order valence-electron chi connectivity index (χ3n) is 3.81. The Morgan fingerprint density at radius 2 is 1.95 bits per heavy atom. The lowest BCUT2D eigenvalue weighted by atomic mass is 9.89. The summed E-state index contributed by atoms with van der Waals surface area (Å²) in [7, 11) is 5.78. The summed E-state index contributed by atoms with van der Waals surface area (Å²) < 4.78 is 5.54. The molecule has 0 aromatic heterocycles. The number of nitrogens with one attached hydrogen (secondary N) is 2. The summed E-state index contributed by atoms with van der Waals surface area (Å²) in [4.78, 5) is 0. The predicted molar refractivity (Wildman–Crippen MR) is 81.9 cm³/mol. The van der Waals surface area contributed by atoms with Crippen LogP contribution in [0.5, 0.6) is 5.75 Å². The standard InChI is InChI=1S/C16H28N2O/c1-6-12-8-9-15(19-5)14(10-12)16(18-4)13(7-2)11-17-3/h8-10,13,16-18H,6-7,11H2,1-5H3. The minimum atomic E-state index is 0.318. The van der Waals surface area contributed by atoms with Gasteiger partial charge in [0.2, 0.25) is 0 Å². The van der Waals surface area contributed by atoms with Gasteiger partial charge in [0.1, 0.15) is 5.75 Å². The van der Waals surface area contributed by atoms with Crippen LogP contribution in [0.4, 0.5) is 0 Å². The summed E-state index contributed by atoms with van der Waals surface area (Å²) >= 11 is 0. The molecule has 2 atom stereocenters. The van der Waals surface area contributed by atoms with Gasteiger partial charge in [0.05, 0.1) is 7.11 Å². The molecule has 0 bridgehead atoms. The van der Waals surface area contributed by atoms with Gasteiger partial charge in [0.25, 0.3) is 0 Å². The van der Waals surface area contributed by atoms with Crippen LogP contribution in [0.3, 0.4) is 0 Å². The quantitative estimate of drug-likeness (QED) is 0.757. The Morgan fingerprint density at radius 3 is 2.42 bits per heavy atom. The van der Waals surface area contributed by atoms with Gasteiger partial charge in [-0.1, -0.05) is 32.4 Å². The summed E-state index contributed by atoms with van der Waals surface area (Å²) in [5.41, 5.74) is 2.63. The first-order valence-corrected chi connectivity index (χ1v) is 7.20.